The first-order valence-corrected chi connectivity index (χ1v) is 8.40. The summed E-state index contributed by atoms with van der Waals surface area (Å²) in [5, 5.41) is 10.7. The van der Waals surface area contributed by atoms with Crippen LogP contribution in [0.1, 0.15) is 16.7 Å². The molecule has 0 saturated heterocycles. The molecule has 6 nitrogen and oxygen atoms in total. The molecule has 0 aliphatic heterocycles. The monoisotopic (exact) mass is 334 g/mol. The molecule has 0 radical (unpaired) electrons. The van der Waals surface area contributed by atoms with Crippen molar-refractivity contribution in [3.8, 4) is 0 Å². The summed E-state index contributed by atoms with van der Waals surface area (Å²) >= 11 is 0. The molecule has 2 rings (SSSR count). The second-order valence-corrected chi connectivity index (χ2v) is 7.44. The highest BCUT2D eigenvalue weighted by Crippen LogP contribution is 2.30. The van der Waals surface area contributed by atoms with Gasteiger partial charge in [0.25, 0.3) is 15.7 Å². The fourth-order valence-corrected chi connectivity index (χ4v) is 4.01. The lowest BCUT2D eigenvalue weighted by Crippen LogP contribution is -2.28. The first kappa shape index (κ1) is 17.0. The Balaban J connectivity index is 2.49. The summed E-state index contributed by atoms with van der Waals surface area (Å²) in [5.74, 6) is 0. The average molecular weight is 334 g/mol. The largest absolute Gasteiger partial charge is 0.269 e. The van der Waals surface area contributed by atoms with Gasteiger partial charge in [-0.3, -0.25) is 14.4 Å². The lowest BCUT2D eigenvalue weighted by Gasteiger charge is -2.24. The molecule has 0 amide bonds. The Hall–Kier alpha value is -2.41. The van der Waals surface area contributed by atoms with E-state index >= 15 is 0 Å². The third-order valence-electron chi connectivity index (χ3n) is 3.66. The highest BCUT2D eigenvalue weighted by molar-refractivity contribution is 7.92. The van der Waals surface area contributed by atoms with Crippen molar-refractivity contribution in [1.82, 2.24) is 0 Å². The fraction of sp³-hybridized carbons (Fsp3) is 0.250. The Morgan fingerprint density at radius 1 is 1.00 bits per heavy atom. The van der Waals surface area contributed by atoms with Crippen LogP contribution in [0.25, 0.3) is 0 Å². The molecule has 122 valence electrons. The smallest absolute Gasteiger partial charge is 0.269 e. The number of anilines is 1. The van der Waals surface area contributed by atoms with Gasteiger partial charge in [-0.2, -0.15) is 0 Å². The fourth-order valence-electron chi connectivity index (χ4n) is 2.69. The summed E-state index contributed by atoms with van der Waals surface area (Å²) in [6.45, 7) is 5.67. The number of hydrogen-bond acceptors (Lipinski definition) is 4. The van der Waals surface area contributed by atoms with Crippen molar-refractivity contribution < 1.29 is 13.3 Å². The van der Waals surface area contributed by atoms with Crippen molar-refractivity contribution in [2.75, 3.05) is 11.4 Å². The predicted molar refractivity (Wildman–Crippen MR) is 89.3 cm³/mol. The van der Waals surface area contributed by atoms with Crippen LogP contribution in [0.15, 0.2) is 41.3 Å². The second kappa shape index (κ2) is 6.00. The molecule has 0 aliphatic rings. The van der Waals surface area contributed by atoms with Gasteiger partial charge in [0.15, 0.2) is 0 Å². The van der Waals surface area contributed by atoms with Gasteiger partial charge in [-0.1, -0.05) is 17.7 Å². The standard InChI is InChI=1S/C16H18N2O4S/c1-11-9-12(2)16(13(3)10-11)17(4)23(21,22)15-7-5-14(6-8-15)18(19)20/h5-10H,1-4H3. The van der Waals surface area contributed by atoms with Crippen LogP contribution in [-0.4, -0.2) is 20.4 Å². The molecule has 2 aromatic rings. The number of non-ortho nitro benzene ring substituents is 1. The molecule has 0 N–H and O–H groups in total. The molecule has 0 heterocycles. The van der Waals surface area contributed by atoms with Crippen molar-refractivity contribution in [2.24, 2.45) is 0 Å². The number of aryl methyl sites for hydroxylation is 3. The molecule has 0 aromatic heterocycles. The van der Waals surface area contributed by atoms with Crippen LogP contribution in [0.4, 0.5) is 11.4 Å². The third-order valence-corrected chi connectivity index (χ3v) is 5.43. The first-order chi connectivity index (χ1) is 10.6. The van der Waals surface area contributed by atoms with Gasteiger partial charge < -0.3 is 0 Å². The topological polar surface area (TPSA) is 80.5 Å². The van der Waals surface area contributed by atoms with E-state index in [0.29, 0.717) is 5.69 Å². The van der Waals surface area contributed by atoms with Crippen LogP contribution < -0.4 is 4.31 Å². The molecule has 23 heavy (non-hydrogen) atoms. The van der Waals surface area contributed by atoms with Gasteiger partial charge in [-0.15, -0.1) is 0 Å². The Morgan fingerprint density at radius 2 is 1.48 bits per heavy atom. The van der Waals surface area contributed by atoms with E-state index in [1.807, 2.05) is 32.9 Å². The van der Waals surface area contributed by atoms with Crippen LogP contribution in [0.5, 0.6) is 0 Å². The van der Waals surface area contributed by atoms with Crippen molar-refractivity contribution in [1.29, 1.82) is 0 Å². The Bertz CT molecular complexity index is 835. The van der Waals surface area contributed by atoms with Crippen molar-refractivity contribution in [3.63, 3.8) is 0 Å². The molecular weight excluding hydrogens is 316 g/mol. The molecule has 7 heteroatoms. The SMILES string of the molecule is Cc1cc(C)c(N(C)S(=O)(=O)c2ccc([N+](=O)[O-])cc2)c(C)c1. The summed E-state index contributed by atoms with van der Waals surface area (Å²) in [4.78, 5) is 10.1. The number of rotatable bonds is 4. The Kier molecular flexibility index (Phi) is 4.42. The second-order valence-electron chi connectivity index (χ2n) is 5.47. The van der Waals surface area contributed by atoms with Crippen LogP contribution in [0.2, 0.25) is 0 Å². The maximum Gasteiger partial charge on any atom is 0.269 e. The summed E-state index contributed by atoms with van der Waals surface area (Å²) < 4.78 is 26.7. The van der Waals surface area contributed by atoms with Crippen molar-refractivity contribution >= 4 is 21.4 Å². The molecule has 0 fully saturated rings. The van der Waals surface area contributed by atoms with Gasteiger partial charge in [0.1, 0.15) is 0 Å². The summed E-state index contributed by atoms with van der Waals surface area (Å²) in [6, 6.07) is 8.73. The van der Waals surface area contributed by atoms with Crippen molar-refractivity contribution in [2.45, 2.75) is 25.7 Å². The minimum absolute atomic E-state index is 0.0185. The lowest BCUT2D eigenvalue weighted by molar-refractivity contribution is -0.384. The number of nitro benzene ring substituents is 1. The van der Waals surface area contributed by atoms with E-state index in [2.05, 4.69) is 0 Å². The molecule has 0 atom stereocenters. The van der Waals surface area contributed by atoms with E-state index < -0.39 is 14.9 Å². The number of sulfonamides is 1. The zero-order valence-corrected chi connectivity index (χ0v) is 14.2. The highest BCUT2D eigenvalue weighted by Gasteiger charge is 2.24. The minimum Gasteiger partial charge on any atom is -0.269 e. The maximum atomic E-state index is 12.8. The Labute approximate surface area is 135 Å². The number of nitrogens with zero attached hydrogens (tertiary/aromatic N) is 2. The summed E-state index contributed by atoms with van der Waals surface area (Å²) in [7, 11) is -2.29. The molecule has 0 aliphatic carbocycles. The first-order valence-electron chi connectivity index (χ1n) is 6.96. The van der Waals surface area contributed by atoms with Crippen LogP contribution in [-0.2, 0) is 10.0 Å². The minimum atomic E-state index is -3.78. The van der Waals surface area contributed by atoms with Gasteiger partial charge >= 0.3 is 0 Å². The zero-order valence-electron chi connectivity index (χ0n) is 13.4. The molecule has 2 aromatic carbocycles. The molecule has 0 unspecified atom stereocenters. The molecule has 0 saturated carbocycles. The molecule has 0 bridgehead atoms. The average Bonchev–Trinajstić information content (AvgIpc) is 2.46. The van der Waals surface area contributed by atoms with E-state index in [9.17, 15) is 18.5 Å². The number of benzene rings is 2. The van der Waals surface area contributed by atoms with E-state index in [1.54, 1.807) is 0 Å². The van der Waals surface area contributed by atoms with E-state index in [4.69, 9.17) is 0 Å². The summed E-state index contributed by atoms with van der Waals surface area (Å²) in [5.41, 5.74) is 3.25. The Morgan fingerprint density at radius 3 is 1.91 bits per heavy atom. The third kappa shape index (κ3) is 3.19. The molecular formula is C16H18N2O4S. The van der Waals surface area contributed by atoms with Crippen LogP contribution in [0, 0.1) is 30.9 Å². The normalized spacial score (nSPS) is 11.3. The number of nitro groups is 1. The highest BCUT2D eigenvalue weighted by atomic mass is 32.2. The molecule has 0 spiro atoms. The quantitative estimate of drug-likeness (QED) is 0.634. The van der Waals surface area contributed by atoms with E-state index in [0.717, 1.165) is 16.7 Å². The van der Waals surface area contributed by atoms with Crippen molar-refractivity contribution in [3.05, 3.63) is 63.2 Å². The van der Waals surface area contributed by atoms with Gasteiger partial charge in [0, 0.05) is 19.2 Å². The lowest BCUT2D eigenvalue weighted by atomic mass is 10.1. The zero-order chi connectivity index (χ0) is 17.4. The van der Waals surface area contributed by atoms with Gasteiger partial charge in [0.2, 0.25) is 0 Å². The maximum absolute atomic E-state index is 12.8. The van der Waals surface area contributed by atoms with E-state index in [1.165, 1.54) is 35.6 Å². The number of hydrogen-bond donors (Lipinski definition) is 0. The summed E-state index contributed by atoms with van der Waals surface area (Å²) in [6.07, 6.45) is 0. The van der Waals surface area contributed by atoms with E-state index in [-0.39, 0.29) is 10.6 Å². The predicted octanol–water partition coefficient (Wildman–Crippen LogP) is 3.35. The van der Waals surface area contributed by atoms with Crippen LogP contribution in [0.3, 0.4) is 0 Å². The van der Waals surface area contributed by atoms with Crippen LogP contribution >= 0.6 is 0 Å². The van der Waals surface area contributed by atoms with Gasteiger partial charge in [-0.05, 0) is 44.0 Å². The van der Waals surface area contributed by atoms with Gasteiger partial charge in [-0.25, -0.2) is 8.42 Å². The van der Waals surface area contributed by atoms with Gasteiger partial charge in [0.05, 0.1) is 15.5 Å².